The van der Waals surface area contributed by atoms with Gasteiger partial charge in [0.2, 0.25) is 0 Å². The van der Waals surface area contributed by atoms with Gasteiger partial charge >= 0.3 is 5.69 Å². The van der Waals surface area contributed by atoms with Crippen LogP contribution < -0.4 is 11.2 Å². The number of imidazole rings is 1. The number of nitrogens with one attached hydrogen (secondary N) is 2. The van der Waals surface area contributed by atoms with Crippen LogP contribution in [-0.4, -0.2) is 31.2 Å². The van der Waals surface area contributed by atoms with E-state index in [1.165, 1.54) is 10.9 Å². The second-order valence-corrected chi connectivity index (χ2v) is 5.15. The van der Waals surface area contributed by atoms with Crippen LogP contribution in [0.4, 0.5) is 0 Å². The quantitative estimate of drug-likeness (QED) is 0.646. The van der Waals surface area contributed by atoms with Gasteiger partial charge in [0.25, 0.3) is 5.56 Å². The minimum Gasteiger partial charge on any atom is -0.396 e. The number of aromatic nitrogens is 4. The molecule has 2 aromatic heterocycles. The molecule has 2 aromatic rings. The summed E-state index contributed by atoms with van der Waals surface area (Å²) in [6.07, 6.45) is 5.07. The zero-order chi connectivity index (χ0) is 14.5. The van der Waals surface area contributed by atoms with Gasteiger partial charge in [-0.15, -0.1) is 0 Å². The van der Waals surface area contributed by atoms with E-state index < -0.39 is 5.69 Å². The molecule has 0 radical (unpaired) electrons. The van der Waals surface area contributed by atoms with Crippen molar-refractivity contribution in [3.63, 3.8) is 0 Å². The van der Waals surface area contributed by atoms with E-state index in [9.17, 15) is 9.59 Å². The van der Waals surface area contributed by atoms with Crippen molar-refractivity contribution in [2.75, 3.05) is 6.61 Å². The van der Waals surface area contributed by atoms with E-state index in [1.54, 1.807) is 0 Å². The zero-order valence-corrected chi connectivity index (χ0v) is 11.6. The Labute approximate surface area is 115 Å². The molecule has 0 aliphatic carbocycles. The lowest BCUT2D eigenvalue weighted by atomic mass is 10.0. The third kappa shape index (κ3) is 3.16. The first-order valence-electron chi connectivity index (χ1n) is 6.90. The fourth-order valence-electron chi connectivity index (χ4n) is 2.30. The average Bonchev–Trinajstić information content (AvgIpc) is 2.88. The van der Waals surface area contributed by atoms with Crippen LogP contribution in [0.2, 0.25) is 0 Å². The molecule has 0 bridgehead atoms. The molecule has 0 saturated heterocycles. The molecule has 0 saturated carbocycles. The smallest absolute Gasteiger partial charge is 0.330 e. The first-order valence-corrected chi connectivity index (χ1v) is 6.90. The predicted octanol–water partition coefficient (Wildman–Crippen LogP) is 0.602. The summed E-state index contributed by atoms with van der Waals surface area (Å²) >= 11 is 0. The molecular formula is C13H20N4O3. The van der Waals surface area contributed by atoms with Crippen LogP contribution in [-0.2, 0) is 6.54 Å². The molecule has 3 N–H and O–H groups in total. The molecule has 2 heterocycles. The van der Waals surface area contributed by atoms with Crippen LogP contribution in [0.5, 0.6) is 0 Å². The first kappa shape index (κ1) is 14.5. The number of H-pyrrole nitrogens is 2. The van der Waals surface area contributed by atoms with Gasteiger partial charge in [0, 0.05) is 13.2 Å². The van der Waals surface area contributed by atoms with Gasteiger partial charge in [-0.1, -0.05) is 19.8 Å². The van der Waals surface area contributed by atoms with Crippen LogP contribution in [0.1, 0.15) is 32.6 Å². The van der Waals surface area contributed by atoms with Crippen LogP contribution in [0.25, 0.3) is 11.2 Å². The summed E-state index contributed by atoms with van der Waals surface area (Å²) in [5.41, 5.74) is -0.121. The normalized spacial score (nSPS) is 12.9. The van der Waals surface area contributed by atoms with Gasteiger partial charge in [0.15, 0.2) is 5.65 Å². The molecule has 2 rings (SSSR count). The summed E-state index contributed by atoms with van der Waals surface area (Å²) in [6, 6.07) is 0. The number of fused-ring (bicyclic) bond motifs is 1. The van der Waals surface area contributed by atoms with Crippen LogP contribution in [0.15, 0.2) is 15.9 Å². The van der Waals surface area contributed by atoms with E-state index in [0.717, 1.165) is 25.7 Å². The van der Waals surface area contributed by atoms with Crippen molar-refractivity contribution in [2.24, 2.45) is 5.92 Å². The molecule has 0 aliphatic heterocycles. The number of hydrogen-bond donors (Lipinski definition) is 3. The van der Waals surface area contributed by atoms with Crippen molar-refractivity contribution in [3.8, 4) is 0 Å². The maximum atomic E-state index is 12.2. The predicted molar refractivity (Wildman–Crippen MR) is 75.7 cm³/mol. The molecule has 0 spiro atoms. The standard InChI is InChI=1S/C13H20N4O3/c1-9(5-3-2-4-6-18)7-17-12(19)10-11(15-8-14-10)16-13(17)20/h8-9,18H,2-7H2,1H3,(H,14,15)(H,16,20). The van der Waals surface area contributed by atoms with Crippen molar-refractivity contribution in [3.05, 3.63) is 27.2 Å². The Balaban J connectivity index is 2.09. The van der Waals surface area contributed by atoms with Crippen molar-refractivity contribution in [1.29, 1.82) is 0 Å². The van der Waals surface area contributed by atoms with Crippen molar-refractivity contribution < 1.29 is 5.11 Å². The number of aliphatic hydroxyl groups is 1. The van der Waals surface area contributed by atoms with Crippen LogP contribution in [0.3, 0.4) is 0 Å². The molecule has 1 unspecified atom stereocenters. The molecule has 110 valence electrons. The summed E-state index contributed by atoms with van der Waals surface area (Å²) in [5, 5.41) is 8.72. The Kier molecular flexibility index (Phi) is 4.73. The molecule has 7 heteroatoms. The van der Waals surface area contributed by atoms with E-state index in [2.05, 4.69) is 15.0 Å². The number of rotatable bonds is 7. The highest BCUT2D eigenvalue weighted by Crippen LogP contribution is 2.10. The lowest BCUT2D eigenvalue weighted by Gasteiger charge is -2.12. The minimum atomic E-state index is -0.420. The van der Waals surface area contributed by atoms with E-state index in [1.807, 2.05) is 6.92 Å². The molecule has 1 atom stereocenters. The number of hydrogen-bond acceptors (Lipinski definition) is 4. The number of aromatic amines is 2. The number of unbranched alkanes of at least 4 members (excludes halogenated alkanes) is 2. The molecule has 7 nitrogen and oxygen atoms in total. The third-order valence-electron chi connectivity index (χ3n) is 3.42. The lowest BCUT2D eigenvalue weighted by Crippen LogP contribution is -2.36. The van der Waals surface area contributed by atoms with Gasteiger partial charge in [-0.05, 0) is 18.8 Å². The summed E-state index contributed by atoms with van der Waals surface area (Å²) in [5.74, 6) is 0.230. The maximum Gasteiger partial charge on any atom is 0.330 e. The van der Waals surface area contributed by atoms with Crippen LogP contribution >= 0.6 is 0 Å². The molecule has 20 heavy (non-hydrogen) atoms. The van der Waals surface area contributed by atoms with Gasteiger partial charge in [-0.2, -0.15) is 0 Å². The molecular weight excluding hydrogens is 260 g/mol. The second kappa shape index (κ2) is 6.51. The van der Waals surface area contributed by atoms with Gasteiger partial charge in [0.1, 0.15) is 5.52 Å². The van der Waals surface area contributed by atoms with E-state index in [0.29, 0.717) is 17.7 Å². The highest BCUT2D eigenvalue weighted by molar-refractivity contribution is 5.67. The third-order valence-corrected chi connectivity index (χ3v) is 3.42. The van der Waals surface area contributed by atoms with Crippen LogP contribution in [0, 0.1) is 5.92 Å². The highest BCUT2D eigenvalue weighted by Gasteiger charge is 2.12. The van der Waals surface area contributed by atoms with Gasteiger partial charge in [-0.3, -0.25) is 14.3 Å². The minimum absolute atomic E-state index is 0.212. The van der Waals surface area contributed by atoms with E-state index in [-0.39, 0.29) is 18.1 Å². The van der Waals surface area contributed by atoms with Crippen molar-refractivity contribution in [1.82, 2.24) is 19.5 Å². The Hall–Kier alpha value is -1.89. The molecule has 0 amide bonds. The van der Waals surface area contributed by atoms with E-state index in [4.69, 9.17) is 5.11 Å². The first-order chi connectivity index (χ1) is 9.63. The van der Waals surface area contributed by atoms with E-state index >= 15 is 0 Å². The summed E-state index contributed by atoms with van der Waals surface area (Å²) < 4.78 is 1.22. The lowest BCUT2D eigenvalue weighted by molar-refractivity contribution is 0.279. The Morgan fingerprint density at radius 1 is 1.35 bits per heavy atom. The zero-order valence-electron chi connectivity index (χ0n) is 11.6. The monoisotopic (exact) mass is 280 g/mol. The van der Waals surface area contributed by atoms with Gasteiger partial charge in [-0.25, -0.2) is 9.78 Å². The molecule has 0 fully saturated rings. The number of aliphatic hydroxyl groups excluding tert-OH is 1. The summed E-state index contributed by atoms with van der Waals surface area (Å²) in [4.78, 5) is 33.3. The topological polar surface area (TPSA) is 104 Å². The second-order valence-electron chi connectivity index (χ2n) is 5.15. The number of nitrogens with zero attached hydrogens (tertiary/aromatic N) is 2. The largest absolute Gasteiger partial charge is 0.396 e. The molecule has 0 aromatic carbocycles. The summed E-state index contributed by atoms with van der Waals surface area (Å²) in [7, 11) is 0. The SMILES string of the molecule is CC(CCCCCO)Cn1c(=O)[nH]c2nc[nH]c2c1=O. The van der Waals surface area contributed by atoms with Gasteiger partial charge in [0.05, 0.1) is 6.33 Å². The highest BCUT2D eigenvalue weighted by atomic mass is 16.3. The maximum absolute atomic E-state index is 12.2. The Morgan fingerprint density at radius 3 is 2.90 bits per heavy atom. The fraction of sp³-hybridized carbons (Fsp3) is 0.615. The Bertz CT molecular complexity index is 670. The van der Waals surface area contributed by atoms with Gasteiger partial charge < -0.3 is 10.1 Å². The Morgan fingerprint density at radius 2 is 2.15 bits per heavy atom. The van der Waals surface area contributed by atoms with Crippen molar-refractivity contribution >= 4 is 11.2 Å². The fourth-order valence-corrected chi connectivity index (χ4v) is 2.30. The average molecular weight is 280 g/mol. The summed E-state index contributed by atoms with van der Waals surface area (Å²) in [6.45, 7) is 2.62. The molecule has 0 aliphatic rings. The van der Waals surface area contributed by atoms with Crippen molar-refractivity contribution in [2.45, 2.75) is 39.2 Å².